The number of benzene rings is 1. The average molecular weight is 368 g/mol. The Kier molecular flexibility index (Phi) is 5.67. The smallest absolute Gasteiger partial charge is 0.318 e. The highest BCUT2D eigenvalue weighted by molar-refractivity contribution is 9.10. The molecule has 0 aliphatic rings. The fourth-order valence-corrected chi connectivity index (χ4v) is 3.66. The highest BCUT2D eigenvalue weighted by Crippen LogP contribution is 2.24. The molecule has 0 radical (unpaired) electrons. The number of nitrogens with zero attached hydrogens (tertiary/aromatic N) is 1. The summed E-state index contributed by atoms with van der Waals surface area (Å²) in [6, 6.07) is 3.00. The van der Waals surface area contributed by atoms with E-state index in [-0.39, 0.29) is 0 Å². The molecular weight excluding hydrogens is 353 g/mol. The second-order valence-corrected chi connectivity index (χ2v) is 7.05. The van der Waals surface area contributed by atoms with Crippen LogP contribution in [0, 0.1) is 5.82 Å². The summed E-state index contributed by atoms with van der Waals surface area (Å²) in [5.74, 6) is -2.20. The van der Waals surface area contributed by atoms with Crippen LogP contribution in [0.15, 0.2) is 27.6 Å². The molecule has 5 nitrogen and oxygen atoms in total. The van der Waals surface area contributed by atoms with Gasteiger partial charge in [-0.25, -0.2) is 12.8 Å². The summed E-state index contributed by atoms with van der Waals surface area (Å²) in [7, 11) is -4.20. The number of halogens is 2. The molecule has 8 heteroatoms. The summed E-state index contributed by atoms with van der Waals surface area (Å²) >= 11 is 3.04. The van der Waals surface area contributed by atoms with Gasteiger partial charge in [0.25, 0.3) is 0 Å². The van der Waals surface area contributed by atoms with E-state index in [1.807, 2.05) is 0 Å². The van der Waals surface area contributed by atoms with Crippen molar-refractivity contribution in [1.29, 1.82) is 0 Å². The molecule has 0 bridgehead atoms. The van der Waals surface area contributed by atoms with E-state index in [1.54, 1.807) is 13.8 Å². The second kappa shape index (κ2) is 6.64. The molecule has 0 amide bonds. The molecule has 0 heterocycles. The predicted octanol–water partition coefficient (Wildman–Crippen LogP) is 2.46. The van der Waals surface area contributed by atoms with Crippen LogP contribution in [0.3, 0.4) is 0 Å². The topological polar surface area (TPSA) is 74.7 Å². The van der Waals surface area contributed by atoms with Crippen molar-refractivity contribution in [2.24, 2.45) is 0 Å². The van der Waals surface area contributed by atoms with Crippen molar-refractivity contribution >= 4 is 31.9 Å². The van der Waals surface area contributed by atoms with Gasteiger partial charge in [0.05, 0.1) is 0 Å². The zero-order chi connectivity index (χ0) is 15.5. The van der Waals surface area contributed by atoms with Crippen LogP contribution in [-0.4, -0.2) is 36.4 Å². The van der Waals surface area contributed by atoms with Crippen molar-refractivity contribution in [2.45, 2.75) is 31.2 Å². The van der Waals surface area contributed by atoms with Crippen LogP contribution in [0.5, 0.6) is 0 Å². The van der Waals surface area contributed by atoms with Crippen molar-refractivity contribution in [2.75, 3.05) is 6.54 Å². The van der Waals surface area contributed by atoms with Gasteiger partial charge in [0, 0.05) is 10.5 Å². The number of carboxylic acids is 1. The molecule has 112 valence electrons. The molecule has 1 unspecified atom stereocenters. The van der Waals surface area contributed by atoms with Gasteiger partial charge in [-0.15, -0.1) is 0 Å². The predicted molar refractivity (Wildman–Crippen MR) is 75.4 cm³/mol. The van der Waals surface area contributed by atoms with Crippen molar-refractivity contribution in [3.05, 3.63) is 28.5 Å². The van der Waals surface area contributed by atoms with Gasteiger partial charge in [-0.3, -0.25) is 4.79 Å². The second-order valence-electron chi connectivity index (χ2n) is 4.28. The van der Waals surface area contributed by atoms with E-state index in [9.17, 15) is 17.6 Å². The van der Waals surface area contributed by atoms with E-state index in [4.69, 9.17) is 5.11 Å². The summed E-state index contributed by atoms with van der Waals surface area (Å²) in [4.78, 5) is 10.3. The molecule has 0 saturated heterocycles. The number of rotatable bonds is 6. The third-order valence-electron chi connectivity index (χ3n) is 2.85. The molecule has 0 aliphatic heterocycles. The van der Waals surface area contributed by atoms with E-state index in [0.717, 1.165) is 16.4 Å². The largest absolute Gasteiger partial charge is 0.480 e. The average Bonchev–Trinajstić information content (AvgIpc) is 2.34. The molecule has 1 atom stereocenters. The summed E-state index contributed by atoms with van der Waals surface area (Å²) in [5, 5.41) is 8.84. The zero-order valence-corrected chi connectivity index (χ0v) is 13.4. The van der Waals surface area contributed by atoms with Gasteiger partial charge in [-0.05, 0) is 31.5 Å². The van der Waals surface area contributed by atoms with Gasteiger partial charge in [-0.2, -0.15) is 4.31 Å². The highest BCUT2D eigenvalue weighted by atomic mass is 79.9. The number of sulfonamides is 1. The fourth-order valence-electron chi connectivity index (χ4n) is 1.63. The SMILES string of the molecule is CCC(C)N(CC(=O)O)S(=O)(=O)c1ccc(Br)cc1F. The maximum absolute atomic E-state index is 13.8. The lowest BCUT2D eigenvalue weighted by atomic mass is 10.2. The summed E-state index contributed by atoms with van der Waals surface area (Å²) in [6.45, 7) is 2.61. The van der Waals surface area contributed by atoms with Gasteiger partial charge in [0.1, 0.15) is 17.3 Å². The van der Waals surface area contributed by atoms with E-state index < -0.39 is 39.3 Å². The summed E-state index contributed by atoms with van der Waals surface area (Å²) in [5.41, 5.74) is 0. The number of carboxylic acid groups (broad SMARTS) is 1. The van der Waals surface area contributed by atoms with E-state index >= 15 is 0 Å². The first-order chi connectivity index (χ1) is 9.20. The lowest BCUT2D eigenvalue weighted by Crippen LogP contribution is -2.42. The fraction of sp³-hybridized carbons (Fsp3) is 0.417. The van der Waals surface area contributed by atoms with Crippen LogP contribution >= 0.6 is 15.9 Å². The minimum atomic E-state index is -4.20. The number of hydrogen-bond donors (Lipinski definition) is 1. The van der Waals surface area contributed by atoms with Crippen LogP contribution < -0.4 is 0 Å². The Hall–Kier alpha value is -0.990. The lowest BCUT2D eigenvalue weighted by molar-refractivity contribution is -0.137. The first-order valence-electron chi connectivity index (χ1n) is 5.88. The van der Waals surface area contributed by atoms with Crippen LogP contribution in [0.4, 0.5) is 4.39 Å². The molecule has 0 aliphatic carbocycles. The van der Waals surface area contributed by atoms with E-state index in [0.29, 0.717) is 10.9 Å². The Morgan fingerprint density at radius 2 is 2.10 bits per heavy atom. The van der Waals surface area contributed by atoms with Gasteiger partial charge in [-0.1, -0.05) is 22.9 Å². The quantitative estimate of drug-likeness (QED) is 0.837. The summed E-state index contributed by atoms with van der Waals surface area (Å²) in [6.07, 6.45) is 0.421. The Morgan fingerprint density at radius 1 is 1.50 bits per heavy atom. The number of aliphatic carboxylic acids is 1. The van der Waals surface area contributed by atoms with Gasteiger partial charge >= 0.3 is 5.97 Å². The van der Waals surface area contributed by atoms with Gasteiger partial charge in [0.2, 0.25) is 10.0 Å². The molecule has 1 aromatic carbocycles. The monoisotopic (exact) mass is 367 g/mol. The molecule has 0 saturated carbocycles. The van der Waals surface area contributed by atoms with E-state index in [2.05, 4.69) is 15.9 Å². The van der Waals surface area contributed by atoms with Crippen LogP contribution in [0.2, 0.25) is 0 Å². The van der Waals surface area contributed by atoms with Crippen molar-refractivity contribution in [1.82, 2.24) is 4.31 Å². The summed E-state index contributed by atoms with van der Waals surface area (Å²) < 4.78 is 39.8. The number of hydrogen-bond acceptors (Lipinski definition) is 3. The van der Waals surface area contributed by atoms with Gasteiger partial charge < -0.3 is 5.11 Å². The third-order valence-corrected chi connectivity index (χ3v) is 5.34. The Morgan fingerprint density at radius 3 is 2.55 bits per heavy atom. The molecule has 20 heavy (non-hydrogen) atoms. The van der Waals surface area contributed by atoms with Crippen LogP contribution in [-0.2, 0) is 14.8 Å². The van der Waals surface area contributed by atoms with Crippen LogP contribution in [0.1, 0.15) is 20.3 Å². The van der Waals surface area contributed by atoms with Crippen molar-refractivity contribution in [3.63, 3.8) is 0 Å². The Balaban J connectivity index is 3.32. The molecule has 0 aromatic heterocycles. The maximum Gasteiger partial charge on any atom is 0.318 e. The molecule has 1 aromatic rings. The van der Waals surface area contributed by atoms with Gasteiger partial charge in [0.15, 0.2) is 0 Å². The first kappa shape index (κ1) is 17.1. The minimum absolute atomic E-state index is 0.405. The molecule has 1 N–H and O–H groups in total. The van der Waals surface area contributed by atoms with E-state index in [1.165, 1.54) is 6.07 Å². The number of carbonyl (C=O) groups is 1. The standard InChI is InChI=1S/C12H15BrFNO4S/c1-3-8(2)15(7-12(16)17)20(18,19)11-5-4-9(13)6-10(11)14/h4-6,8H,3,7H2,1-2H3,(H,16,17). The molecule has 1 rings (SSSR count). The normalized spacial score (nSPS) is 13.4. The van der Waals surface area contributed by atoms with Crippen LogP contribution in [0.25, 0.3) is 0 Å². The lowest BCUT2D eigenvalue weighted by Gasteiger charge is -2.26. The zero-order valence-electron chi connectivity index (χ0n) is 11.0. The third kappa shape index (κ3) is 3.77. The molecule has 0 spiro atoms. The van der Waals surface area contributed by atoms with Crippen molar-refractivity contribution < 1.29 is 22.7 Å². The maximum atomic E-state index is 13.8. The molecule has 0 fully saturated rings. The minimum Gasteiger partial charge on any atom is -0.480 e. The first-order valence-corrected chi connectivity index (χ1v) is 8.12. The highest BCUT2D eigenvalue weighted by Gasteiger charge is 2.32. The Labute approximate surface area is 125 Å². The molecular formula is C12H15BrFNO4S. The Bertz CT molecular complexity index is 605. The van der Waals surface area contributed by atoms with Crippen molar-refractivity contribution in [3.8, 4) is 0 Å².